The Hall–Kier alpha value is -1.23. The summed E-state index contributed by atoms with van der Waals surface area (Å²) in [5.41, 5.74) is 0.540. The number of rotatable bonds is 6. The Morgan fingerprint density at radius 3 is 2.74 bits per heavy atom. The first-order valence-electron chi connectivity index (χ1n) is 5.57. The first-order chi connectivity index (χ1) is 8.92. The van der Waals surface area contributed by atoms with Gasteiger partial charge in [0.1, 0.15) is 5.75 Å². The predicted molar refractivity (Wildman–Crippen MR) is 79.1 cm³/mol. The second-order valence-electron chi connectivity index (χ2n) is 4.08. The molecule has 0 aliphatic heterocycles. The molecule has 0 saturated heterocycles. The van der Waals surface area contributed by atoms with Gasteiger partial charge in [0, 0.05) is 16.6 Å². The van der Waals surface area contributed by atoms with Crippen LogP contribution in [0.15, 0.2) is 29.8 Å². The molecule has 1 amide bonds. The molecule has 0 aliphatic rings. The Morgan fingerprint density at radius 1 is 1.47 bits per heavy atom. The summed E-state index contributed by atoms with van der Waals surface area (Å²) >= 11 is 11.6. The molecule has 0 aromatic heterocycles. The SMILES string of the molecule is C=C(Cl)CN(C)CC(=O)Nc1cc(Cl)ccc1OC. The fourth-order valence-corrected chi connectivity index (χ4v) is 1.94. The van der Waals surface area contributed by atoms with Crippen molar-refractivity contribution in [2.45, 2.75) is 0 Å². The summed E-state index contributed by atoms with van der Waals surface area (Å²) in [5.74, 6) is 0.378. The van der Waals surface area contributed by atoms with E-state index in [2.05, 4.69) is 11.9 Å². The highest BCUT2D eigenvalue weighted by atomic mass is 35.5. The van der Waals surface area contributed by atoms with Crippen molar-refractivity contribution in [1.29, 1.82) is 0 Å². The van der Waals surface area contributed by atoms with Crippen LogP contribution in [0.4, 0.5) is 5.69 Å². The molecular formula is C13H16Cl2N2O2. The van der Waals surface area contributed by atoms with Crippen LogP contribution in [0.25, 0.3) is 0 Å². The molecule has 1 rings (SSSR count). The van der Waals surface area contributed by atoms with Gasteiger partial charge in [0.2, 0.25) is 5.91 Å². The zero-order valence-electron chi connectivity index (χ0n) is 10.9. The van der Waals surface area contributed by atoms with Gasteiger partial charge in [-0.2, -0.15) is 0 Å². The molecule has 104 valence electrons. The second kappa shape index (κ2) is 7.38. The molecule has 0 fully saturated rings. The van der Waals surface area contributed by atoms with E-state index in [-0.39, 0.29) is 12.5 Å². The zero-order chi connectivity index (χ0) is 14.4. The van der Waals surface area contributed by atoms with Gasteiger partial charge in [-0.3, -0.25) is 9.69 Å². The van der Waals surface area contributed by atoms with Crippen molar-refractivity contribution in [2.75, 3.05) is 32.6 Å². The largest absolute Gasteiger partial charge is 0.495 e. The van der Waals surface area contributed by atoms with Crippen molar-refractivity contribution in [2.24, 2.45) is 0 Å². The number of likely N-dealkylation sites (N-methyl/N-ethyl adjacent to an activating group) is 1. The Bertz CT molecular complexity index is 478. The lowest BCUT2D eigenvalue weighted by Gasteiger charge is -2.16. The Morgan fingerprint density at radius 2 is 2.16 bits per heavy atom. The number of hydrogen-bond acceptors (Lipinski definition) is 3. The summed E-state index contributed by atoms with van der Waals surface area (Å²) in [6.45, 7) is 4.22. The van der Waals surface area contributed by atoms with Crippen molar-refractivity contribution in [3.05, 3.63) is 34.8 Å². The summed E-state index contributed by atoms with van der Waals surface area (Å²) in [4.78, 5) is 13.6. The van der Waals surface area contributed by atoms with Crippen LogP contribution in [0, 0.1) is 0 Å². The molecule has 0 radical (unpaired) electrons. The topological polar surface area (TPSA) is 41.6 Å². The number of nitrogens with zero attached hydrogens (tertiary/aromatic N) is 1. The summed E-state index contributed by atoms with van der Waals surface area (Å²) in [6, 6.07) is 5.03. The summed E-state index contributed by atoms with van der Waals surface area (Å²) in [5, 5.41) is 3.75. The Kier molecular flexibility index (Phi) is 6.15. The standard InChI is InChI=1S/C13H16Cl2N2O2/c1-9(14)7-17(2)8-13(18)16-11-6-10(15)4-5-12(11)19-3/h4-6H,1,7-8H2,2-3H3,(H,16,18). The average molecular weight is 303 g/mol. The van der Waals surface area contributed by atoms with E-state index in [1.165, 1.54) is 7.11 Å². The van der Waals surface area contributed by atoms with Crippen molar-refractivity contribution in [3.8, 4) is 5.75 Å². The molecule has 1 aromatic rings. The molecule has 0 saturated carbocycles. The van der Waals surface area contributed by atoms with Gasteiger partial charge in [-0.25, -0.2) is 0 Å². The lowest BCUT2D eigenvalue weighted by atomic mass is 10.3. The van der Waals surface area contributed by atoms with Gasteiger partial charge in [-0.15, -0.1) is 0 Å². The van der Waals surface area contributed by atoms with E-state index in [1.54, 1.807) is 30.1 Å². The number of anilines is 1. The third kappa shape index (κ3) is 5.51. The third-order valence-corrected chi connectivity index (χ3v) is 2.65. The number of ether oxygens (including phenoxy) is 1. The average Bonchev–Trinajstić information content (AvgIpc) is 2.27. The smallest absolute Gasteiger partial charge is 0.238 e. The lowest BCUT2D eigenvalue weighted by molar-refractivity contribution is -0.116. The van der Waals surface area contributed by atoms with Crippen LogP contribution in [-0.2, 0) is 4.79 Å². The third-order valence-electron chi connectivity index (χ3n) is 2.29. The molecule has 0 bridgehead atoms. The van der Waals surface area contributed by atoms with Gasteiger partial charge < -0.3 is 10.1 Å². The molecule has 6 heteroatoms. The minimum Gasteiger partial charge on any atom is -0.495 e. The van der Waals surface area contributed by atoms with E-state index in [9.17, 15) is 4.79 Å². The van der Waals surface area contributed by atoms with Gasteiger partial charge in [-0.05, 0) is 25.2 Å². The van der Waals surface area contributed by atoms with Crippen LogP contribution < -0.4 is 10.1 Å². The van der Waals surface area contributed by atoms with Crippen molar-refractivity contribution < 1.29 is 9.53 Å². The number of halogens is 2. The van der Waals surface area contributed by atoms with Crippen LogP contribution in [0.2, 0.25) is 5.02 Å². The highest BCUT2D eigenvalue weighted by Gasteiger charge is 2.10. The van der Waals surface area contributed by atoms with Crippen LogP contribution in [-0.4, -0.2) is 38.1 Å². The van der Waals surface area contributed by atoms with Crippen LogP contribution in [0.3, 0.4) is 0 Å². The van der Waals surface area contributed by atoms with Crippen LogP contribution in [0.5, 0.6) is 5.75 Å². The van der Waals surface area contributed by atoms with Gasteiger partial charge in [0.15, 0.2) is 0 Å². The highest BCUT2D eigenvalue weighted by molar-refractivity contribution is 6.31. The number of amides is 1. The zero-order valence-corrected chi connectivity index (χ0v) is 12.4. The molecule has 0 spiro atoms. The molecule has 0 heterocycles. The predicted octanol–water partition coefficient (Wildman–Crippen LogP) is 2.97. The van der Waals surface area contributed by atoms with E-state index in [0.29, 0.717) is 28.0 Å². The fourth-order valence-electron chi connectivity index (χ4n) is 1.56. The maximum absolute atomic E-state index is 11.9. The number of methoxy groups -OCH3 is 1. The van der Waals surface area contributed by atoms with E-state index >= 15 is 0 Å². The van der Waals surface area contributed by atoms with Crippen molar-refractivity contribution in [3.63, 3.8) is 0 Å². The molecule has 19 heavy (non-hydrogen) atoms. The van der Waals surface area contributed by atoms with Crippen LogP contribution in [0.1, 0.15) is 0 Å². The first kappa shape index (κ1) is 15.8. The summed E-state index contributed by atoms with van der Waals surface area (Å²) in [7, 11) is 3.31. The van der Waals surface area contributed by atoms with E-state index in [4.69, 9.17) is 27.9 Å². The van der Waals surface area contributed by atoms with Crippen LogP contribution >= 0.6 is 23.2 Å². The number of carbonyl (C=O) groups excluding carboxylic acids is 1. The maximum atomic E-state index is 11.9. The van der Waals surface area contributed by atoms with Gasteiger partial charge >= 0.3 is 0 Å². The monoisotopic (exact) mass is 302 g/mol. The van der Waals surface area contributed by atoms with E-state index in [1.807, 2.05) is 0 Å². The van der Waals surface area contributed by atoms with Gasteiger partial charge in [0.25, 0.3) is 0 Å². The van der Waals surface area contributed by atoms with Crippen molar-refractivity contribution in [1.82, 2.24) is 4.90 Å². The fraction of sp³-hybridized carbons (Fsp3) is 0.308. The van der Waals surface area contributed by atoms with Crippen molar-refractivity contribution >= 4 is 34.8 Å². The number of carbonyl (C=O) groups is 1. The number of nitrogens with one attached hydrogen (secondary N) is 1. The normalized spacial score (nSPS) is 10.4. The summed E-state index contributed by atoms with van der Waals surface area (Å²) < 4.78 is 5.15. The molecule has 1 N–H and O–H groups in total. The lowest BCUT2D eigenvalue weighted by Crippen LogP contribution is -2.31. The highest BCUT2D eigenvalue weighted by Crippen LogP contribution is 2.27. The molecule has 0 unspecified atom stereocenters. The number of hydrogen-bond donors (Lipinski definition) is 1. The Balaban J connectivity index is 2.66. The van der Waals surface area contributed by atoms with E-state index < -0.39 is 0 Å². The Labute approximate surface area is 122 Å². The molecule has 4 nitrogen and oxygen atoms in total. The first-order valence-corrected chi connectivity index (χ1v) is 6.33. The molecule has 1 aromatic carbocycles. The minimum absolute atomic E-state index is 0.180. The number of benzene rings is 1. The van der Waals surface area contributed by atoms with E-state index in [0.717, 1.165) is 0 Å². The maximum Gasteiger partial charge on any atom is 0.238 e. The summed E-state index contributed by atoms with van der Waals surface area (Å²) in [6.07, 6.45) is 0. The van der Waals surface area contributed by atoms with Gasteiger partial charge in [0.05, 0.1) is 19.3 Å². The second-order valence-corrected chi connectivity index (χ2v) is 5.05. The molecule has 0 atom stereocenters. The molecular weight excluding hydrogens is 287 g/mol. The van der Waals surface area contributed by atoms with Gasteiger partial charge in [-0.1, -0.05) is 29.8 Å². The molecule has 0 aliphatic carbocycles. The minimum atomic E-state index is -0.180. The quantitative estimate of drug-likeness (QED) is 0.878.